The van der Waals surface area contributed by atoms with Gasteiger partial charge in [-0.05, 0) is 31.2 Å². The summed E-state index contributed by atoms with van der Waals surface area (Å²) < 4.78 is 0. The molecule has 0 amide bonds. The first kappa shape index (κ1) is 15.5. The molecular weight excluding hydrogens is 304 g/mol. The third-order valence-corrected chi connectivity index (χ3v) is 4.01. The van der Waals surface area contributed by atoms with E-state index in [1.165, 1.54) is 35.6 Å². The van der Waals surface area contributed by atoms with Gasteiger partial charge in [-0.15, -0.1) is 11.3 Å². The predicted octanol–water partition coefficient (Wildman–Crippen LogP) is 3.17. The Morgan fingerprint density at radius 1 is 1.18 bits per heavy atom. The number of carbonyl (C=O) groups is 2. The molecule has 6 nitrogen and oxygen atoms in total. The molecule has 0 spiro atoms. The van der Waals surface area contributed by atoms with Crippen LogP contribution in [0.15, 0.2) is 36.4 Å². The minimum absolute atomic E-state index is 0.0961. The molecule has 2 aromatic rings. The summed E-state index contributed by atoms with van der Waals surface area (Å²) in [6.07, 6.45) is 0. The molecule has 1 heterocycles. The van der Waals surface area contributed by atoms with Crippen molar-refractivity contribution in [3.05, 3.63) is 61.8 Å². The number of rotatable bonds is 5. The Balaban J connectivity index is 2.27. The number of aryl methyl sites for hydroxylation is 1. The molecule has 1 aromatic carbocycles. The van der Waals surface area contributed by atoms with Crippen LogP contribution in [0.4, 0.5) is 5.69 Å². The largest absolute Gasteiger partial charge is 0.292 e. The summed E-state index contributed by atoms with van der Waals surface area (Å²) in [4.78, 5) is 35.8. The molecule has 0 bridgehead atoms. The zero-order valence-electron chi connectivity index (χ0n) is 11.5. The first-order chi connectivity index (χ1) is 10.4. The van der Waals surface area contributed by atoms with Crippen molar-refractivity contribution in [2.45, 2.75) is 6.92 Å². The second kappa shape index (κ2) is 6.28. The highest BCUT2D eigenvalue weighted by atomic mass is 32.1. The van der Waals surface area contributed by atoms with E-state index in [0.29, 0.717) is 4.88 Å². The number of carbonyl (C=O) groups excluding carboxylic acids is 2. The number of nitro groups is 1. The molecule has 0 radical (unpaired) electrons. The summed E-state index contributed by atoms with van der Waals surface area (Å²) in [6.45, 7) is 1.82. The zero-order valence-corrected chi connectivity index (χ0v) is 12.3. The van der Waals surface area contributed by atoms with Gasteiger partial charge in [0.1, 0.15) is 0 Å². The van der Waals surface area contributed by atoms with Crippen molar-refractivity contribution in [1.82, 2.24) is 0 Å². The number of nitriles is 1. The monoisotopic (exact) mass is 314 g/mol. The zero-order chi connectivity index (χ0) is 16.3. The van der Waals surface area contributed by atoms with Gasteiger partial charge < -0.3 is 0 Å². The average Bonchev–Trinajstić information content (AvgIpc) is 2.94. The summed E-state index contributed by atoms with van der Waals surface area (Å²) in [5, 5.41) is 19.7. The van der Waals surface area contributed by atoms with Crippen molar-refractivity contribution < 1.29 is 14.5 Å². The Morgan fingerprint density at radius 3 is 2.27 bits per heavy atom. The van der Waals surface area contributed by atoms with E-state index in [4.69, 9.17) is 5.26 Å². The maximum atomic E-state index is 12.3. The number of Topliss-reactive ketones (excluding diaryl/α,β-unsaturated/α-hetero) is 2. The van der Waals surface area contributed by atoms with Gasteiger partial charge in [-0.1, -0.05) is 0 Å². The molecule has 0 aliphatic heterocycles. The second-order valence-corrected chi connectivity index (χ2v) is 5.79. The third-order valence-electron chi connectivity index (χ3n) is 3.00. The van der Waals surface area contributed by atoms with E-state index in [1.807, 2.05) is 6.92 Å². The van der Waals surface area contributed by atoms with Gasteiger partial charge in [-0.25, -0.2) is 0 Å². The van der Waals surface area contributed by atoms with Gasteiger partial charge in [0.2, 0.25) is 0 Å². The lowest BCUT2D eigenvalue weighted by Gasteiger charge is -2.06. The smallest absolute Gasteiger partial charge is 0.269 e. The third kappa shape index (κ3) is 3.07. The van der Waals surface area contributed by atoms with Crippen molar-refractivity contribution in [1.29, 1.82) is 5.26 Å². The number of nitrogens with zero attached hydrogens (tertiary/aromatic N) is 2. The van der Waals surface area contributed by atoms with Crippen LogP contribution >= 0.6 is 11.3 Å². The van der Waals surface area contributed by atoms with Crippen LogP contribution in [0.3, 0.4) is 0 Å². The van der Waals surface area contributed by atoms with Crippen molar-refractivity contribution in [3.8, 4) is 6.07 Å². The van der Waals surface area contributed by atoms with E-state index in [9.17, 15) is 19.7 Å². The first-order valence-electron chi connectivity index (χ1n) is 6.23. The Bertz CT molecular complexity index is 787. The van der Waals surface area contributed by atoms with Crippen LogP contribution in [-0.4, -0.2) is 16.5 Å². The van der Waals surface area contributed by atoms with Crippen LogP contribution in [0.5, 0.6) is 0 Å². The highest BCUT2D eigenvalue weighted by Gasteiger charge is 2.29. The van der Waals surface area contributed by atoms with Crippen LogP contribution in [0, 0.1) is 34.3 Å². The van der Waals surface area contributed by atoms with E-state index >= 15 is 0 Å². The fourth-order valence-corrected chi connectivity index (χ4v) is 2.70. The highest BCUT2D eigenvalue weighted by Crippen LogP contribution is 2.22. The molecule has 7 heteroatoms. The lowest BCUT2D eigenvalue weighted by molar-refractivity contribution is -0.384. The molecule has 1 atom stereocenters. The molecule has 0 aliphatic rings. The van der Waals surface area contributed by atoms with Crippen LogP contribution in [-0.2, 0) is 0 Å². The number of thiophene rings is 1. The molecule has 0 aliphatic carbocycles. The number of hydrogen-bond acceptors (Lipinski definition) is 6. The molecule has 0 fully saturated rings. The quantitative estimate of drug-likeness (QED) is 0.365. The maximum absolute atomic E-state index is 12.3. The standard InChI is InChI=1S/C15H10N2O4S/c1-9-2-7-13(22-9)15(19)12(8-16)14(18)10-3-5-11(6-4-10)17(20)21/h2-7,12H,1H3. The van der Waals surface area contributed by atoms with E-state index in [1.54, 1.807) is 18.2 Å². The fraction of sp³-hybridized carbons (Fsp3) is 0.133. The van der Waals surface area contributed by atoms with Crippen molar-refractivity contribution in [2.75, 3.05) is 0 Å². The Labute approximate surface area is 129 Å². The molecular formula is C15H10N2O4S. The van der Waals surface area contributed by atoms with E-state index < -0.39 is 22.4 Å². The van der Waals surface area contributed by atoms with Gasteiger partial charge in [0.05, 0.1) is 15.9 Å². The van der Waals surface area contributed by atoms with E-state index in [2.05, 4.69) is 0 Å². The number of hydrogen-bond donors (Lipinski definition) is 0. The fourth-order valence-electron chi connectivity index (χ4n) is 1.86. The van der Waals surface area contributed by atoms with Gasteiger partial charge in [0.25, 0.3) is 5.69 Å². The molecule has 0 saturated carbocycles. The summed E-state index contributed by atoms with van der Waals surface area (Å²) >= 11 is 1.22. The molecule has 110 valence electrons. The molecule has 1 unspecified atom stereocenters. The van der Waals surface area contributed by atoms with Gasteiger partial charge in [-0.3, -0.25) is 19.7 Å². The van der Waals surface area contributed by atoms with Crippen LogP contribution in [0.25, 0.3) is 0 Å². The predicted molar refractivity (Wildman–Crippen MR) is 79.9 cm³/mol. The van der Waals surface area contributed by atoms with Gasteiger partial charge >= 0.3 is 0 Å². The van der Waals surface area contributed by atoms with Crippen LogP contribution < -0.4 is 0 Å². The minimum atomic E-state index is -1.44. The lowest BCUT2D eigenvalue weighted by Crippen LogP contribution is -2.22. The number of benzene rings is 1. The summed E-state index contributed by atoms with van der Waals surface area (Å²) in [5.41, 5.74) is -0.0657. The molecule has 2 rings (SSSR count). The molecule has 22 heavy (non-hydrogen) atoms. The Morgan fingerprint density at radius 2 is 1.82 bits per heavy atom. The van der Waals surface area contributed by atoms with E-state index in [0.717, 1.165) is 4.88 Å². The topological polar surface area (TPSA) is 101 Å². The summed E-state index contributed by atoms with van der Waals surface area (Å²) in [5.74, 6) is -2.66. The number of ketones is 2. The minimum Gasteiger partial charge on any atom is -0.292 e. The van der Waals surface area contributed by atoms with Gasteiger partial charge in [0.15, 0.2) is 17.5 Å². The van der Waals surface area contributed by atoms with E-state index in [-0.39, 0.29) is 11.3 Å². The van der Waals surface area contributed by atoms with Crippen LogP contribution in [0.2, 0.25) is 0 Å². The number of non-ortho nitro benzene ring substituents is 1. The maximum Gasteiger partial charge on any atom is 0.269 e. The first-order valence-corrected chi connectivity index (χ1v) is 7.04. The van der Waals surface area contributed by atoms with Crippen molar-refractivity contribution in [3.63, 3.8) is 0 Å². The average molecular weight is 314 g/mol. The molecule has 1 aromatic heterocycles. The van der Waals surface area contributed by atoms with Crippen molar-refractivity contribution >= 4 is 28.6 Å². The SMILES string of the molecule is Cc1ccc(C(=O)C(C#N)C(=O)c2ccc([N+](=O)[O-])cc2)s1. The normalized spacial score (nSPS) is 11.5. The lowest BCUT2D eigenvalue weighted by atomic mass is 9.94. The highest BCUT2D eigenvalue weighted by molar-refractivity contribution is 7.14. The van der Waals surface area contributed by atoms with Crippen LogP contribution in [0.1, 0.15) is 24.9 Å². The summed E-state index contributed by atoms with van der Waals surface area (Å²) in [7, 11) is 0. The Hall–Kier alpha value is -2.85. The Kier molecular flexibility index (Phi) is 4.44. The van der Waals surface area contributed by atoms with Gasteiger partial charge in [-0.2, -0.15) is 5.26 Å². The molecule has 0 N–H and O–H groups in total. The number of nitro benzene ring substituents is 1. The summed E-state index contributed by atoms with van der Waals surface area (Å²) in [6, 6.07) is 9.87. The van der Waals surface area contributed by atoms with Crippen molar-refractivity contribution in [2.24, 2.45) is 5.92 Å². The molecule has 0 saturated heterocycles. The van der Waals surface area contributed by atoms with Gasteiger partial charge in [0, 0.05) is 22.6 Å². The second-order valence-electron chi connectivity index (χ2n) is 4.50.